The van der Waals surface area contributed by atoms with Gasteiger partial charge in [0.25, 0.3) is 0 Å². The van der Waals surface area contributed by atoms with E-state index in [1.54, 1.807) is 12.1 Å². The number of hydrogen-bond acceptors (Lipinski definition) is 7. The summed E-state index contributed by atoms with van der Waals surface area (Å²) in [5.41, 5.74) is 14.0. The summed E-state index contributed by atoms with van der Waals surface area (Å²) in [6.07, 6.45) is 4.86. The number of aromatic nitrogens is 2. The minimum atomic E-state index is 0.192. The predicted octanol–water partition coefficient (Wildman–Crippen LogP) is 2.25. The van der Waals surface area contributed by atoms with Gasteiger partial charge in [-0.2, -0.15) is 0 Å². The fraction of sp³-hybridized carbons (Fsp3) is 0.176. The average Bonchev–Trinajstić information content (AvgIpc) is 2.62. The van der Waals surface area contributed by atoms with Crippen LogP contribution in [0.2, 0.25) is 0 Å². The number of nitrogen functional groups attached to an aromatic ring is 1. The third kappa shape index (κ3) is 3.75. The van der Waals surface area contributed by atoms with E-state index in [0.29, 0.717) is 34.0 Å². The molecule has 0 fully saturated rings. The molecule has 7 heteroatoms. The molecule has 0 saturated carbocycles. The highest BCUT2D eigenvalue weighted by Crippen LogP contribution is 2.20. The largest absolute Gasteiger partial charge is 0.404 e. The van der Waals surface area contributed by atoms with Crippen molar-refractivity contribution in [2.45, 2.75) is 13.3 Å². The van der Waals surface area contributed by atoms with E-state index in [1.807, 2.05) is 12.1 Å². The van der Waals surface area contributed by atoms with Gasteiger partial charge in [-0.15, -0.1) is 0 Å². The van der Waals surface area contributed by atoms with E-state index < -0.39 is 0 Å². The number of nitrogens with one attached hydrogen (secondary N) is 3. The number of nitrogens with zero attached hydrogens (tertiary/aromatic N) is 2. The van der Waals surface area contributed by atoms with Crippen LogP contribution in [0, 0.1) is 10.8 Å². The van der Waals surface area contributed by atoms with Crippen LogP contribution >= 0.6 is 0 Å². The van der Waals surface area contributed by atoms with Crippen molar-refractivity contribution in [1.29, 1.82) is 10.8 Å². The van der Waals surface area contributed by atoms with Crippen molar-refractivity contribution in [2.24, 2.45) is 5.73 Å². The Morgan fingerprint density at radius 1 is 1.33 bits per heavy atom. The van der Waals surface area contributed by atoms with Gasteiger partial charge in [-0.25, -0.2) is 4.98 Å². The van der Waals surface area contributed by atoms with Crippen molar-refractivity contribution in [2.75, 3.05) is 17.6 Å². The van der Waals surface area contributed by atoms with Crippen molar-refractivity contribution in [1.82, 2.24) is 9.97 Å². The van der Waals surface area contributed by atoms with Crippen molar-refractivity contribution in [3.05, 3.63) is 53.6 Å². The van der Waals surface area contributed by atoms with Crippen LogP contribution in [0.4, 0.5) is 11.5 Å². The summed E-state index contributed by atoms with van der Waals surface area (Å²) < 4.78 is 0. The lowest BCUT2D eigenvalue weighted by Gasteiger charge is -2.11. The van der Waals surface area contributed by atoms with Crippen LogP contribution in [0.25, 0.3) is 5.57 Å². The predicted molar refractivity (Wildman–Crippen MR) is 98.5 cm³/mol. The normalized spacial score (nSPS) is 11.1. The summed E-state index contributed by atoms with van der Waals surface area (Å²) in [6.45, 7) is 2.89. The minimum Gasteiger partial charge on any atom is -0.404 e. The summed E-state index contributed by atoms with van der Waals surface area (Å²) >= 11 is 0. The second-order valence-corrected chi connectivity index (χ2v) is 5.13. The Morgan fingerprint density at radius 3 is 2.79 bits per heavy atom. The molecule has 0 bridgehead atoms. The maximum atomic E-state index is 8.43. The zero-order valence-electron chi connectivity index (χ0n) is 13.5. The molecule has 0 aliphatic heterocycles. The van der Waals surface area contributed by atoms with Crippen LogP contribution in [0.5, 0.6) is 0 Å². The Bertz CT molecular complexity index is 780. The van der Waals surface area contributed by atoms with E-state index in [0.717, 1.165) is 19.2 Å². The van der Waals surface area contributed by atoms with Crippen LogP contribution in [-0.4, -0.2) is 28.4 Å². The minimum absolute atomic E-state index is 0.192. The first-order chi connectivity index (χ1) is 11.6. The van der Waals surface area contributed by atoms with Gasteiger partial charge in [-0.3, -0.25) is 10.4 Å². The molecule has 7 nitrogen and oxygen atoms in total. The average molecular weight is 323 g/mol. The number of hydrogen-bond donors (Lipinski definition) is 5. The Hall–Kier alpha value is -3.22. The number of anilines is 2. The highest BCUT2D eigenvalue weighted by molar-refractivity contribution is 6.14. The van der Waals surface area contributed by atoms with Gasteiger partial charge in [-0.1, -0.05) is 13.0 Å². The van der Waals surface area contributed by atoms with Crippen molar-refractivity contribution in [3.63, 3.8) is 0 Å². The molecule has 0 aromatic carbocycles. The SMILES string of the molecule is CCCNc1cccc(C(=N)c2cc(/C(C=N)=C/N)ncc2N)n1. The van der Waals surface area contributed by atoms with Gasteiger partial charge in [0, 0.05) is 30.1 Å². The van der Waals surface area contributed by atoms with Crippen LogP contribution in [0.3, 0.4) is 0 Å². The van der Waals surface area contributed by atoms with Gasteiger partial charge in [0.1, 0.15) is 5.82 Å². The summed E-state index contributed by atoms with van der Waals surface area (Å²) in [7, 11) is 0. The van der Waals surface area contributed by atoms with E-state index in [4.69, 9.17) is 22.3 Å². The molecule has 2 aromatic rings. The molecule has 0 radical (unpaired) electrons. The van der Waals surface area contributed by atoms with Crippen LogP contribution < -0.4 is 16.8 Å². The van der Waals surface area contributed by atoms with Crippen LogP contribution in [0.15, 0.2) is 36.7 Å². The Labute approximate surface area is 140 Å². The number of nitrogens with two attached hydrogens (primary N) is 2. The first kappa shape index (κ1) is 17.1. The fourth-order valence-corrected chi connectivity index (χ4v) is 2.11. The zero-order valence-corrected chi connectivity index (χ0v) is 13.5. The van der Waals surface area contributed by atoms with E-state index in [9.17, 15) is 0 Å². The smallest absolute Gasteiger partial charge is 0.126 e. The summed E-state index contributed by atoms with van der Waals surface area (Å²) in [6, 6.07) is 7.11. The third-order valence-electron chi connectivity index (χ3n) is 3.40. The molecule has 0 aliphatic carbocycles. The Kier molecular flexibility index (Phi) is 5.62. The zero-order chi connectivity index (χ0) is 17.5. The molecule has 7 N–H and O–H groups in total. The number of allylic oxidation sites excluding steroid dienone is 1. The molecule has 0 aliphatic rings. The molecule has 0 unspecified atom stereocenters. The van der Waals surface area contributed by atoms with Gasteiger partial charge in [0.2, 0.25) is 0 Å². The third-order valence-corrected chi connectivity index (χ3v) is 3.40. The van der Waals surface area contributed by atoms with Gasteiger partial charge >= 0.3 is 0 Å². The van der Waals surface area contributed by atoms with Gasteiger partial charge in [0.05, 0.1) is 29.0 Å². The lowest BCUT2D eigenvalue weighted by atomic mass is 10.0. The standard InChI is InChI=1S/C17H21N7/c1-2-6-22-16-5-3-4-14(24-16)17(21)12-7-15(11(8-18)9-19)23-10-13(12)20/h3-5,7-10,18,21H,2,6,19-20H2,1H3,(H,22,24)/b11-9+,18-8?,21-17?. The molecule has 124 valence electrons. The van der Waals surface area contributed by atoms with Crippen molar-refractivity contribution < 1.29 is 0 Å². The van der Waals surface area contributed by atoms with Crippen LogP contribution in [0.1, 0.15) is 30.3 Å². The highest BCUT2D eigenvalue weighted by Gasteiger charge is 2.13. The summed E-state index contributed by atoms with van der Waals surface area (Å²) in [5.74, 6) is 0.717. The van der Waals surface area contributed by atoms with Crippen molar-refractivity contribution in [3.8, 4) is 0 Å². The summed E-state index contributed by atoms with van der Waals surface area (Å²) in [4.78, 5) is 8.61. The van der Waals surface area contributed by atoms with Crippen molar-refractivity contribution >= 4 is 29.0 Å². The fourth-order valence-electron chi connectivity index (χ4n) is 2.11. The van der Waals surface area contributed by atoms with Gasteiger partial charge < -0.3 is 22.2 Å². The second kappa shape index (κ2) is 7.87. The molecule has 2 aromatic heterocycles. The molecule has 0 saturated heterocycles. The van der Waals surface area contributed by atoms with Gasteiger partial charge in [-0.05, 0) is 24.6 Å². The van der Waals surface area contributed by atoms with E-state index >= 15 is 0 Å². The maximum Gasteiger partial charge on any atom is 0.126 e. The first-order valence-corrected chi connectivity index (χ1v) is 7.59. The molecular weight excluding hydrogens is 302 g/mol. The molecule has 2 rings (SSSR count). The lowest BCUT2D eigenvalue weighted by molar-refractivity contribution is 0.968. The van der Waals surface area contributed by atoms with Gasteiger partial charge in [0.15, 0.2) is 0 Å². The van der Waals surface area contributed by atoms with E-state index in [-0.39, 0.29) is 5.71 Å². The monoisotopic (exact) mass is 323 g/mol. The van der Waals surface area contributed by atoms with E-state index in [2.05, 4.69) is 22.2 Å². The molecular formula is C17H21N7. The van der Waals surface area contributed by atoms with E-state index in [1.165, 1.54) is 12.4 Å². The maximum absolute atomic E-state index is 8.43. The molecule has 0 amide bonds. The Morgan fingerprint density at radius 2 is 2.12 bits per heavy atom. The number of pyridine rings is 2. The Balaban J connectivity index is 2.39. The van der Waals surface area contributed by atoms with Crippen LogP contribution in [-0.2, 0) is 0 Å². The highest BCUT2D eigenvalue weighted by atomic mass is 15.0. The molecule has 0 atom stereocenters. The second-order valence-electron chi connectivity index (χ2n) is 5.13. The number of rotatable bonds is 7. The first-order valence-electron chi connectivity index (χ1n) is 7.59. The quantitative estimate of drug-likeness (QED) is 0.497. The topological polar surface area (TPSA) is 138 Å². The summed E-state index contributed by atoms with van der Waals surface area (Å²) in [5, 5.41) is 19.0. The molecule has 0 spiro atoms. The lowest BCUT2D eigenvalue weighted by Crippen LogP contribution is -2.11. The molecule has 24 heavy (non-hydrogen) atoms. The molecule has 2 heterocycles.